The molecule has 3 aromatic rings. The SMILES string of the molecule is COC(=O)c1ccc(C2C(S(=O)(=O)c3ccc(C)cc3)=C(O)C(=O)N2c2ccc(C)cc2)cc1. The van der Waals surface area contributed by atoms with E-state index in [0.29, 0.717) is 11.3 Å². The van der Waals surface area contributed by atoms with Crippen LogP contribution in [0.1, 0.15) is 33.1 Å². The van der Waals surface area contributed by atoms with Crippen LogP contribution in [0.25, 0.3) is 0 Å². The number of carbonyl (C=O) groups is 2. The maximum atomic E-state index is 13.7. The molecular weight excluding hydrogens is 454 g/mol. The van der Waals surface area contributed by atoms with Crippen molar-refractivity contribution in [2.75, 3.05) is 12.0 Å². The van der Waals surface area contributed by atoms with Crippen LogP contribution in [0.3, 0.4) is 0 Å². The number of rotatable bonds is 5. The fourth-order valence-corrected chi connectivity index (χ4v) is 5.52. The summed E-state index contributed by atoms with van der Waals surface area (Å²) >= 11 is 0. The van der Waals surface area contributed by atoms with Crippen molar-refractivity contribution in [3.63, 3.8) is 0 Å². The van der Waals surface area contributed by atoms with E-state index in [-0.39, 0.29) is 10.5 Å². The molecule has 1 heterocycles. The van der Waals surface area contributed by atoms with Crippen molar-refractivity contribution < 1.29 is 27.9 Å². The topological polar surface area (TPSA) is 101 Å². The Labute approximate surface area is 197 Å². The van der Waals surface area contributed by atoms with Crippen molar-refractivity contribution in [1.82, 2.24) is 0 Å². The molecular formula is C26H23NO6S. The summed E-state index contributed by atoms with van der Waals surface area (Å²) in [7, 11) is -2.98. The number of methoxy groups -OCH3 is 1. The molecule has 1 aliphatic heterocycles. The molecule has 174 valence electrons. The van der Waals surface area contributed by atoms with Crippen LogP contribution in [-0.2, 0) is 19.4 Å². The van der Waals surface area contributed by atoms with Crippen LogP contribution in [-0.4, -0.2) is 32.5 Å². The molecule has 1 unspecified atom stereocenters. The Bertz CT molecular complexity index is 1390. The van der Waals surface area contributed by atoms with E-state index in [1.807, 2.05) is 13.8 Å². The van der Waals surface area contributed by atoms with E-state index < -0.39 is 38.4 Å². The summed E-state index contributed by atoms with van der Waals surface area (Å²) in [4.78, 5) is 25.9. The molecule has 34 heavy (non-hydrogen) atoms. The number of carbonyl (C=O) groups excluding carboxylic acids is 2. The predicted molar refractivity (Wildman–Crippen MR) is 127 cm³/mol. The normalized spacial score (nSPS) is 16.1. The van der Waals surface area contributed by atoms with E-state index in [4.69, 9.17) is 4.74 Å². The van der Waals surface area contributed by atoms with E-state index >= 15 is 0 Å². The average molecular weight is 478 g/mol. The van der Waals surface area contributed by atoms with E-state index in [1.165, 1.54) is 36.3 Å². The van der Waals surface area contributed by atoms with Crippen LogP contribution >= 0.6 is 0 Å². The summed E-state index contributed by atoms with van der Waals surface area (Å²) < 4.78 is 32.1. The van der Waals surface area contributed by atoms with Crippen molar-refractivity contribution in [2.45, 2.75) is 24.8 Å². The van der Waals surface area contributed by atoms with E-state index in [2.05, 4.69) is 0 Å². The van der Waals surface area contributed by atoms with Crippen LogP contribution in [0.15, 0.2) is 88.4 Å². The minimum atomic E-state index is -4.24. The number of sulfone groups is 1. The number of aliphatic hydroxyl groups excluding tert-OH is 1. The maximum absolute atomic E-state index is 13.7. The second-order valence-corrected chi connectivity index (χ2v) is 9.97. The van der Waals surface area contributed by atoms with Crippen LogP contribution in [0, 0.1) is 13.8 Å². The molecule has 1 aliphatic rings. The first-order valence-electron chi connectivity index (χ1n) is 10.5. The molecule has 1 amide bonds. The summed E-state index contributed by atoms with van der Waals surface area (Å²) in [5.74, 6) is -2.20. The lowest BCUT2D eigenvalue weighted by molar-refractivity contribution is -0.117. The highest BCUT2D eigenvalue weighted by molar-refractivity contribution is 7.95. The molecule has 0 fully saturated rings. The number of aliphatic hydroxyl groups is 1. The number of anilines is 1. The lowest BCUT2D eigenvalue weighted by atomic mass is 10.0. The maximum Gasteiger partial charge on any atom is 0.337 e. The van der Waals surface area contributed by atoms with Gasteiger partial charge in [-0.25, -0.2) is 13.2 Å². The molecule has 4 rings (SSSR count). The monoisotopic (exact) mass is 477 g/mol. The van der Waals surface area contributed by atoms with Gasteiger partial charge in [0.2, 0.25) is 9.84 Å². The molecule has 0 saturated carbocycles. The zero-order valence-electron chi connectivity index (χ0n) is 18.8. The van der Waals surface area contributed by atoms with Gasteiger partial charge in [-0.15, -0.1) is 0 Å². The third-order valence-electron chi connectivity index (χ3n) is 5.74. The zero-order chi connectivity index (χ0) is 24.6. The van der Waals surface area contributed by atoms with Gasteiger partial charge in [0.05, 0.1) is 17.6 Å². The predicted octanol–water partition coefficient (Wildman–Crippen LogP) is 4.42. The van der Waals surface area contributed by atoms with E-state index in [0.717, 1.165) is 11.1 Å². The van der Waals surface area contributed by atoms with Crippen molar-refractivity contribution in [3.8, 4) is 0 Å². The summed E-state index contributed by atoms with van der Waals surface area (Å²) in [6.45, 7) is 3.72. The first-order chi connectivity index (χ1) is 16.1. The van der Waals surface area contributed by atoms with Gasteiger partial charge in [0, 0.05) is 5.69 Å². The Morgan fingerprint density at radius 1 is 0.882 bits per heavy atom. The highest BCUT2D eigenvalue weighted by Gasteiger charge is 2.47. The Balaban J connectivity index is 1.91. The average Bonchev–Trinajstić information content (AvgIpc) is 3.10. The van der Waals surface area contributed by atoms with Gasteiger partial charge in [-0.2, -0.15) is 0 Å². The molecule has 0 bridgehead atoms. The number of esters is 1. The van der Waals surface area contributed by atoms with Gasteiger partial charge in [0.1, 0.15) is 10.9 Å². The number of nitrogens with zero attached hydrogens (tertiary/aromatic N) is 1. The van der Waals surface area contributed by atoms with E-state index in [1.54, 1.807) is 48.5 Å². The zero-order valence-corrected chi connectivity index (χ0v) is 19.7. The van der Waals surface area contributed by atoms with Gasteiger partial charge in [-0.3, -0.25) is 9.69 Å². The first-order valence-corrected chi connectivity index (χ1v) is 12.0. The second kappa shape index (κ2) is 8.79. The number of ether oxygens (including phenoxy) is 1. The van der Waals surface area contributed by atoms with Gasteiger partial charge in [0.15, 0.2) is 5.76 Å². The Morgan fingerprint density at radius 2 is 1.41 bits per heavy atom. The van der Waals surface area contributed by atoms with Gasteiger partial charge in [-0.1, -0.05) is 47.5 Å². The summed E-state index contributed by atoms with van der Waals surface area (Å²) in [6, 6.07) is 18.1. The third-order valence-corrected chi connectivity index (χ3v) is 7.63. The van der Waals surface area contributed by atoms with Crippen molar-refractivity contribution in [3.05, 3.63) is 106 Å². The highest BCUT2D eigenvalue weighted by Crippen LogP contribution is 2.44. The van der Waals surface area contributed by atoms with E-state index in [9.17, 15) is 23.1 Å². The lowest BCUT2D eigenvalue weighted by Crippen LogP contribution is -2.31. The molecule has 0 aliphatic carbocycles. The number of hydrogen-bond acceptors (Lipinski definition) is 6. The lowest BCUT2D eigenvalue weighted by Gasteiger charge is -2.27. The number of benzene rings is 3. The largest absolute Gasteiger partial charge is 0.502 e. The molecule has 0 aromatic heterocycles. The van der Waals surface area contributed by atoms with Gasteiger partial charge in [-0.05, 0) is 55.8 Å². The van der Waals surface area contributed by atoms with Crippen molar-refractivity contribution in [1.29, 1.82) is 0 Å². The molecule has 0 saturated heterocycles. The smallest absolute Gasteiger partial charge is 0.337 e. The fraction of sp³-hybridized carbons (Fsp3) is 0.154. The van der Waals surface area contributed by atoms with Crippen molar-refractivity contribution in [2.24, 2.45) is 0 Å². The quantitative estimate of drug-likeness (QED) is 0.546. The number of hydrogen-bond donors (Lipinski definition) is 1. The standard InChI is InChI=1S/C26H23NO6S/c1-16-4-12-20(13-5-16)27-22(18-8-10-19(11-9-18)26(30)33-3)24(23(28)25(27)29)34(31,32)21-14-6-17(2)7-15-21/h4-15,22,28H,1-3H3. The van der Waals surface area contributed by atoms with Gasteiger partial charge in [0.25, 0.3) is 5.91 Å². The molecule has 1 atom stereocenters. The summed E-state index contributed by atoms with van der Waals surface area (Å²) in [5.41, 5.74) is 2.94. The van der Waals surface area contributed by atoms with Crippen LogP contribution in [0.4, 0.5) is 5.69 Å². The Hall–Kier alpha value is -3.91. The molecule has 1 N–H and O–H groups in total. The Morgan fingerprint density at radius 3 is 1.94 bits per heavy atom. The molecule has 7 nitrogen and oxygen atoms in total. The minimum absolute atomic E-state index is 0.0330. The molecule has 0 spiro atoms. The van der Waals surface area contributed by atoms with Crippen LogP contribution in [0.5, 0.6) is 0 Å². The van der Waals surface area contributed by atoms with Gasteiger partial charge >= 0.3 is 5.97 Å². The van der Waals surface area contributed by atoms with Crippen molar-refractivity contribution >= 4 is 27.4 Å². The summed E-state index contributed by atoms with van der Waals surface area (Å²) in [5, 5.41) is 10.8. The fourth-order valence-electron chi connectivity index (χ4n) is 3.89. The molecule has 0 radical (unpaired) electrons. The minimum Gasteiger partial charge on any atom is -0.502 e. The summed E-state index contributed by atoms with van der Waals surface area (Å²) in [6.07, 6.45) is 0. The number of amides is 1. The first kappa shape index (κ1) is 23.3. The Kier molecular flexibility index (Phi) is 6.01. The molecule has 3 aromatic carbocycles. The third kappa shape index (κ3) is 3.97. The highest BCUT2D eigenvalue weighted by atomic mass is 32.2. The molecule has 8 heteroatoms. The van der Waals surface area contributed by atoms with Crippen LogP contribution < -0.4 is 4.90 Å². The second-order valence-electron chi connectivity index (χ2n) is 8.06. The van der Waals surface area contributed by atoms with Gasteiger partial charge < -0.3 is 9.84 Å². The number of aryl methyl sites for hydroxylation is 2. The van der Waals surface area contributed by atoms with Crippen LogP contribution in [0.2, 0.25) is 0 Å².